The smallest absolute Gasteiger partial charge is 0.331 e. The molecule has 3 nitrogen and oxygen atoms in total. The summed E-state index contributed by atoms with van der Waals surface area (Å²) in [6.45, 7) is 8.42. The minimum atomic E-state index is -1.03. The first kappa shape index (κ1) is 9.14. The van der Waals surface area contributed by atoms with Crippen molar-refractivity contribution < 1.29 is 9.90 Å². The van der Waals surface area contributed by atoms with Crippen molar-refractivity contribution in [1.29, 1.82) is 0 Å². The van der Waals surface area contributed by atoms with Crippen LogP contribution >= 0.6 is 0 Å². The average molecular weight is 143 g/mol. The summed E-state index contributed by atoms with van der Waals surface area (Å²) < 4.78 is 0. The van der Waals surface area contributed by atoms with E-state index in [2.05, 4.69) is 11.7 Å². The maximum atomic E-state index is 10.6. The summed E-state index contributed by atoms with van der Waals surface area (Å²) >= 11 is 0. The van der Waals surface area contributed by atoms with Crippen molar-refractivity contribution in [3.63, 3.8) is 0 Å². The van der Waals surface area contributed by atoms with E-state index in [4.69, 9.17) is 5.11 Å². The van der Waals surface area contributed by atoms with E-state index in [-0.39, 0.29) is 5.92 Å². The van der Waals surface area contributed by atoms with Gasteiger partial charge in [0.2, 0.25) is 0 Å². The third-order valence-corrected chi connectivity index (χ3v) is 1.89. The lowest BCUT2D eigenvalue weighted by molar-refractivity contribution is -0.144. The van der Waals surface area contributed by atoms with Gasteiger partial charge in [-0.25, -0.2) is 4.79 Å². The molecule has 10 heavy (non-hydrogen) atoms. The highest BCUT2D eigenvalue weighted by Gasteiger charge is 2.34. The van der Waals surface area contributed by atoms with Gasteiger partial charge in [-0.05, 0) is 19.6 Å². The Balaban J connectivity index is 4.54. The van der Waals surface area contributed by atoms with Crippen molar-refractivity contribution in [3.8, 4) is 0 Å². The van der Waals surface area contributed by atoms with E-state index >= 15 is 0 Å². The Bertz CT molecular complexity index is 154. The minimum absolute atomic E-state index is 0.0255. The Morgan fingerprint density at radius 1 is 1.70 bits per heavy atom. The number of aliphatic carboxylic acids is 1. The van der Waals surface area contributed by atoms with Crippen LogP contribution in [-0.4, -0.2) is 23.3 Å². The largest absolute Gasteiger partial charge is 0.479 e. The van der Waals surface area contributed by atoms with Gasteiger partial charge in [0.25, 0.3) is 0 Å². The Kier molecular flexibility index (Phi) is 2.57. The van der Waals surface area contributed by atoms with E-state index in [0.29, 0.717) is 0 Å². The molecule has 0 heterocycles. The van der Waals surface area contributed by atoms with E-state index in [1.165, 1.54) is 0 Å². The normalized spacial score (nSPS) is 16.4. The second-order valence-electron chi connectivity index (χ2n) is 2.77. The zero-order chi connectivity index (χ0) is 8.36. The average Bonchev–Trinajstić information content (AvgIpc) is 1.85. The van der Waals surface area contributed by atoms with Crippen molar-refractivity contribution in [2.45, 2.75) is 26.3 Å². The maximum Gasteiger partial charge on any atom is 0.331 e. The Hall–Kier alpha value is -0.860. The molecule has 0 aromatic carbocycles. The topological polar surface area (TPSA) is 49.7 Å². The molecule has 0 aromatic rings. The summed E-state index contributed by atoms with van der Waals surface area (Å²) in [4.78, 5) is 14.1. The van der Waals surface area contributed by atoms with Crippen molar-refractivity contribution in [2.75, 3.05) is 0 Å². The van der Waals surface area contributed by atoms with Crippen LogP contribution in [0.15, 0.2) is 4.99 Å². The molecule has 0 fully saturated rings. The zero-order valence-electron chi connectivity index (χ0n) is 6.59. The molecule has 0 aromatic heterocycles. The number of rotatable bonds is 3. The van der Waals surface area contributed by atoms with E-state index in [9.17, 15) is 4.79 Å². The molecule has 1 N–H and O–H groups in total. The highest BCUT2D eigenvalue weighted by Crippen LogP contribution is 2.20. The van der Waals surface area contributed by atoms with Crippen LogP contribution in [0.1, 0.15) is 20.8 Å². The quantitative estimate of drug-likeness (QED) is 0.603. The zero-order valence-corrected chi connectivity index (χ0v) is 6.59. The summed E-state index contributed by atoms with van der Waals surface area (Å²) in [5.41, 5.74) is -1.03. The molecule has 0 saturated carbocycles. The fourth-order valence-electron chi connectivity index (χ4n) is 0.497. The Morgan fingerprint density at radius 2 is 2.10 bits per heavy atom. The molecule has 0 saturated heterocycles. The monoisotopic (exact) mass is 143 g/mol. The summed E-state index contributed by atoms with van der Waals surface area (Å²) in [7, 11) is 0. The van der Waals surface area contributed by atoms with Crippen LogP contribution in [0.3, 0.4) is 0 Å². The van der Waals surface area contributed by atoms with Crippen LogP contribution in [0, 0.1) is 5.92 Å². The molecule has 0 aliphatic rings. The summed E-state index contributed by atoms with van der Waals surface area (Å²) in [6.07, 6.45) is 0. The molecule has 0 unspecified atom stereocenters. The van der Waals surface area contributed by atoms with Crippen LogP contribution in [0.25, 0.3) is 0 Å². The van der Waals surface area contributed by atoms with Crippen molar-refractivity contribution in [2.24, 2.45) is 10.9 Å². The Labute approximate surface area is 60.8 Å². The number of hydrogen-bond acceptors (Lipinski definition) is 2. The fourth-order valence-corrected chi connectivity index (χ4v) is 0.497. The minimum Gasteiger partial charge on any atom is -0.479 e. The molecular weight excluding hydrogens is 130 g/mol. The first-order valence-corrected chi connectivity index (χ1v) is 3.16. The van der Waals surface area contributed by atoms with Crippen LogP contribution in [0.4, 0.5) is 0 Å². The van der Waals surface area contributed by atoms with Crippen molar-refractivity contribution in [1.82, 2.24) is 0 Å². The van der Waals surface area contributed by atoms with Crippen LogP contribution in [-0.2, 0) is 4.79 Å². The number of nitrogens with zero attached hydrogens (tertiary/aromatic N) is 1. The molecule has 1 atom stereocenters. The van der Waals surface area contributed by atoms with Gasteiger partial charge in [0.15, 0.2) is 5.54 Å². The number of carbonyl (C=O) groups is 1. The molecule has 0 aliphatic carbocycles. The van der Waals surface area contributed by atoms with Crippen molar-refractivity contribution in [3.05, 3.63) is 0 Å². The lowest BCUT2D eigenvalue weighted by Crippen LogP contribution is -2.38. The van der Waals surface area contributed by atoms with Gasteiger partial charge in [-0.15, -0.1) is 0 Å². The van der Waals surface area contributed by atoms with Crippen LogP contribution in [0.2, 0.25) is 0 Å². The number of hydrogen-bond donors (Lipinski definition) is 1. The molecular formula is C7H13NO2. The molecule has 0 radical (unpaired) electrons. The summed E-state index contributed by atoms with van der Waals surface area (Å²) in [5.74, 6) is -0.944. The molecule has 0 aliphatic heterocycles. The third-order valence-electron chi connectivity index (χ3n) is 1.89. The molecule has 0 spiro atoms. The van der Waals surface area contributed by atoms with Gasteiger partial charge in [0, 0.05) is 0 Å². The highest BCUT2D eigenvalue weighted by atomic mass is 16.4. The predicted octanol–water partition coefficient (Wildman–Crippen LogP) is 1.19. The van der Waals surface area contributed by atoms with Gasteiger partial charge in [-0.2, -0.15) is 0 Å². The molecule has 58 valence electrons. The lowest BCUT2D eigenvalue weighted by Gasteiger charge is -2.23. The van der Waals surface area contributed by atoms with E-state index < -0.39 is 11.5 Å². The molecule has 3 heteroatoms. The van der Waals surface area contributed by atoms with Crippen LogP contribution in [0.5, 0.6) is 0 Å². The maximum absolute atomic E-state index is 10.6. The molecule has 0 amide bonds. The summed E-state index contributed by atoms with van der Waals surface area (Å²) in [5, 5.41) is 8.67. The van der Waals surface area contributed by atoms with E-state index in [0.717, 1.165) is 0 Å². The van der Waals surface area contributed by atoms with Crippen molar-refractivity contribution >= 4 is 12.7 Å². The molecule has 0 rings (SSSR count). The van der Waals surface area contributed by atoms with Gasteiger partial charge in [-0.1, -0.05) is 13.8 Å². The fraction of sp³-hybridized carbons (Fsp3) is 0.714. The lowest BCUT2D eigenvalue weighted by atomic mass is 9.89. The van der Waals surface area contributed by atoms with Crippen LogP contribution < -0.4 is 0 Å². The number of carboxylic acid groups (broad SMARTS) is 1. The van der Waals surface area contributed by atoms with E-state index in [1.54, 1.807) is 6.92 Å². The predicted molar refractivity (Wildman–Crippen MR) is 40.4 cm³/mol. The standard InChI is InChI=1S/C7H13NO2/c1-5(2)7(3,8-4)6(9)10/h5H,4H2,1-3H3,(H,9,10)/t7-/m0/s1. The van der Waals surface area contributed by atoms with Gasteiger partial charge < -0.3 is 5.11 Å². The highest BCUT2D eigenvalue weighted by molar-refractivity contribution is 5.79. The first-order chi connectivity index (χ1) is 4.45. The van der Waals surface area contributed by atoms with Gasteiger partial charge in [0.1, 0.15) is 0 Å². The van der Waals surface area contributed by atoms with Gasteiger partial charge in [0.05, 0.1) is 0 Å². The van der Waals surface area contributed by atoms with Gasteiger partial charge in [-0.3, -0.25) is 4.99 Å². The second-order valence-corrected chi connectivity index (χ2v) is 2.77. The number of aliphatic imine (C=N–C) groups is 1. The molecule has 0 bridgehead atoms. The Morgan fingerprint density at radius 3 is 2.10 bits per heavy atom. The SMILES string of the molecule is C=N[C@](C)(C(=O)O)C(C)C. The van der Waals surface area contributed by atoms with Gasteiger partial charge >= 0.3 is 5.97 Å². The first-order valence-electron chi connectivity index (χ1n) is 3.16. The number of carboxylic acids is 1. The second kappa shape index (κ2) is 2.82. The van der Waals surface area contributed by atoms with E-state index in [1.807, 2.05) is 13.8 Å². The third kappa shape index (κ3) is 1.35. The summed E-state index contributed by atoms with van der Waals surface area (Å²) in [6, 6.07) is 0.